The fourth-order valence-corrected chi connectivity index (χ4v) is 2.23. The van der Waals surface area contributed by atoms with Gasteiger partial charge in [-0.3, -0.25) is 9.97 Å². The zero-order chi connectivity index (χ0) is 13.1. The molecule has 1 rings (SSSR count). The van der Waals surface area contributed by atoms with Gasteiger partial charge in [0.25, 0.3) is 0 Å². The molecule has 0 spiro atoms. The summed E-state index contributed by atoms with van der Waals surface area (Å²) in [6, 6.07) is 0. The largest absolute Gasteiger partial charge is 0.398 e. The van der Waals surface area contributed by atoms with Crippen molar-refractivity contribution >= 4 is 8.32 Å². The third kappa shape index (κ3) is 3.38. The summed E-state index contributed by atoms with van der Waals surface area (Å²) in [6.07, 6.45) is 10.1. The zero-order valence-corrected chi connectivity index (χ0v) is 12.2. The number of aromatic nitrogens is 2. The first-order valence-electron chi connectivity index (χ1n) is 5.68. The first-order valence-corrected chi connectivity index (χ1v) is 8.58. The maximum absolute atomic E-state index is 6.14. The van der Waals surface area contributed by atoms with E-state index in [4.69, 9.17) is 10.8 Å². The highest BCUT2D eigenvalue weighted by Crippen LogP contribution is 2.39. The van der Waals surface area contributed by atoms with Crippen molar-refractivity contribution < 1.29 is 4.43 Å². The summed E-state index contributed by atoms with van der Waals surface area (Å²) in [7, 11) is -1.88. The average molecular weight is 248 g/mol. The van der Waals surface area contributed by atoms with Gasteiger partial charge in [0.15, 0.2) is 14.4 Å². The Bertz CT molecular complexity index is 404. The van der Waals surface area contributed by atoms with Crippen LogP contribution in [-0.2, 0) is 4.43 Å². The fraction of sp³-hybridized carbons (Fsp3) is 0.538. The van der Waals surface area contributed by atoms with Crippen LogP contribution < -0.4 is 0 Å². The number of nitrogens with zero attached hydrogens (tertiary/aromatic N) is 2. The standard InChI is InChI=1S/C13H20N2OSi/c1-7-12(11-10-14-8-9-15-11)16-17(5,6)13(2,3)4/h1,8-10,12H,2-6H3. The molecule has 0 saturated carbocycles. The predicted octanol–water partition coefficient (Wildman–Crippen LogP) is 3.17. The lowest BCUT2D eigenvalue weighted by Crippen LogP contribution is -2.41. The van der Waals surface area contributed by atoms with Crippen molar-refractivity contribution in [1.82, 2.24) is 9.97 Å². The van der Waals surface area contributed by atoms with Crippen LogP contribution in [0.25, 0.3) is 0 Å². The molecular formula is C13H20N2OSi. The number of rotatable bonds is 3. The van der Waals surface area contributed by atoms with Crippen LogP contribution in [0, 0.1) is 12.3 Å². The van der Waals surface area contributed by atoms with Crippen LogP contribution in [-0.4, -0.2) is 18.3 Å². The smallest absolute Gasteiger partial charge is 0.194 e. The van der Waals surface area contributed by atoms with Crippen molar-refractivity contribution in [3.8, 4) is 12.3 Å². The predicted molar refractivity (Wildman–Crippen MR) is 71.9 cm³/mol. The Morgan fingerprint density at radius 3 is 2.41 bits per heavy atom. The topological polar surface area (TPSA) is 35.0 Å². The Balaban J connectivity index is 2.90. The van der Waals surface area contributed by atoms with Gasteiger partial charge >= 0.3 is 0 Å². The van der Waals surface area contributed by atoms with E-state index in [-0.39, 0.29) is 5.04 Å². The molecular weight excluding hydrogens is 228 g/mol. The Morgan fingerprint density at radius 1 is 1.35 bits per heavy atom. The van der Waals surface area contributed by atoms with Gasteiger partial charge in [0, 0.05) is 12.4 Å². The van der Waals surface area contributed by atoms with Crippen molar-refractivity contribution in [2.75, 3.05) is 0 Å². The van der Waals surface area contributed by atoms with Gasteiger partial charge in [-0.2, -0.15) is 0 Å². The van der Waals surface area contributed by atoms with E-state index in [1.807, 2.05) is 0 Å². The molecule has 0 aliphatic heterocycles. The van der Waals surface area contributed by atoms with Gasteiger partial charge in [-0.15, -0.1) is 6.42 Å². The highest BCUT2D eigenvalue weighted by Gasteiger charge is 2.39. The van der Waals surface area contributed by atoms with E-state index in [0.717, 1.165) is 0 Å². The minimum absolute atomic E-state index is 0.129. The molecule has 0 radical (unpaired) electrons. The van der Waals surface area contributed by atoms with Crippen molar-refractivity contribution in [2.24, 2.45) is 0 Å². The molecule has 0 amide bonds. The second-order valence-corrected chi connectivity index (χ2v) is 10.3. The quantitative estimate of drug-likeness (QED) is 0.609. The molecule has 0 aromatic carbocycles. The Morgan fingerprint density at radius 2 is 2.00 bits per heavy atom. The molecule has 0 aliphatic rings. The molecule has 1 aromatic heterocycles. The van der Waals surface area contributed by atoms with Crippen molar-refractivity contribution in [3.05, 3.63) is 24.3 Å². The summed E-state index contributed by atoms with van der Waals surface area (Å²) in [5, 5.41) is 0.129. The summed E-state index contributed by atoms with van der Waals surface area (Å²) in [5.74, 6) is 2.66. The second kappa shape index (κ2) is 4.99. The Labute approximate surface area is 105 Å². The van der Waals surface area contributed by atoms with Gasteiger partial charge in [-0.1, -0.05) is 26.7 Å². The zero-order valence-electron chi connectivity index (χ0n) is 11.2. The summed E-state index contributed by atoms with van der Waals surface area (Å²) in [5.41, 5.74) is 0.708. The third-order valence-corrected chi connectivity index (χ3v) is 7.66. The highest BCUT2D eigenvalue weighted by molar-refractivity contribution is 6.74. The molecule has 0 N–H and O–H groups in total. The molecule has 92 valence electrons. The molecule has 0 fully saturated rings. The maximum atomic E-state index is 6.14. The lowest BCUT2D eigenvalue weighted by atomic mass is 10.2. The van der Waals surface area contributed by atoms with Crippen LogP contribution in [0.3, 0.4) is 0 Å². The van der Waals surface area contributed by atoms with Crippen LogP contribution in [0.5, 0.6) is 0 Å². The lowest BCUT2D eigenvalue weighted by Gasteiger charge is -2.37. The van der Waals surface area contributed by atoms with Gasteiger partial charge in [0.05, 0.1) is 11.9 Å². The summed E-state index contributed by atoms with van der Waals surface area (Å²) >= 11 is 0. The third-order valence-electron chi connectivity index (χ3n) is 3.22. The van der Waals surface area contributed by atoms with Crippen LogP contribution in [0.1, 0.15) is 32.6 Å². The van der Waals surface area contributed by atoms with Crippen LogP contribution in [0.2, 0.25) is 18.1 Å². The first kappa shape index (κ1) is 13.9. The minimum Gasteiger partial charge on any atom is -0.398 e. The van der Waals surface area contributed by atoms with E-state index in [1.165, 1.54) is 0 Å². The molecule has 0 saturated heterocycles. The minimum atomic E-state index is -1.88. The van der Waals surface area contributed by atoms with Crippen LogP contribution >= 0.6 is 0 Å². The van der Waals surface area contributed by atoms with E-state index in [2.05, 4.69) is 49.8 Å². The molecule has 1 unspecified atom stereocenters. The molecule has 0 aliphatic carbocycles. The van der Waals surface area contributed by atoms with Crippen molar-refractivity contribution in [3.63, 3.8) is 0 Å². The monoisotopic (exact) mass is 248 g/mol. The average Bonchev–Trinajstić information content (AvgIpc) is 2.25. The lowest BCUT2D eigenvalue weighted by molar-refractivity contribution is 0.233. The molecule has 17 heavy (non-hydrogen) atoms. The van der Waals surface area contributed by atoms with E-state index in [0.29, 0.717) is 5.69 Å². The van der Waals surface area contributed by atoms with E-state index in [1.54, 1.807) is 18.6 Å². The number of terminal acetylenes is 1. The van der Waals surface area contributed by atoms with Crippen molar-refractivity contribution in [1.29, 1.82) is 0 Å². The van der Waals surface area contributed by atoms with Crippen LogP contribution in [0.15, 0.2) is 18.6 Å². The summed E-state index contributed by atoms with van der Waals surface area (Å²) in [4.78, 5) is 8.23. The Kier molecular flexibility index (Phi) is 4.07. The number of hydrogen-bond acceptors (Lipinski definition) is 3. The molecule has 0 bridgehead atoms. The van der Waals surface area contributed by atoms with E-state index >= 15 is 0 Å². The summed E-state index contributed by atoms with van der Waals surface area (Å²) in [6.45, 7) is 10.9. The van der Waals surface area contributed by atoms with Gasteiger partial charge in [-0.05, 0) is 18.1 Å². The van der Waals surface area contributed by atoms with E-state index in [9.17, 15) is 0 Å². The molecule has 1 heterocycles. The summed E-state index contributed by atoms with van der Waals surface area (Å²) < 4.78 is 6.14. The molecule has 1 aromatic rings. The van der Waals surface area contributed by atoms with Gasteiger partial charge in [-0.25, -0.2) is 0 Å². The maximum Gasteiger partial charge on any atom is 0.194 e. The normalized spacial score (nSPS) is 14.1. The van der Waals surface area contributed by atoms with Gasteiger partial charge in [0.1, 0.15) is 0 Å². The fourth-order valence-electron chi connectivity index (χ4n) is 1.10. The SMILES string of the molecule is C#CC(O[Si](C)(C)C(C)(C)C)c1cnccn1. The molecule has 3 nitrogen and oxygen atoms in total. The molecule has 1 atom stereocenters. The van der Waals surface area contributed by atoms with Crippen molar-refractivity contribution in [2.45, 2.75) is 45.0 Å². The Hall–Kier alpha value is -1.18. The number of hydrogen-bond donors (Lipinski definition) is 0. The highest BCUT2D eigenvalue weighted by atomic mass is 28.4. The first-order chi connectivity index (χ1) is 7.78. The van der Waals surface area contributed by atoms with E-state index < -0.39 is 14.4 Å². The van der Waals surface area contributed by atoms with Crippen LogP contribution in [0.4, 0.5) is 0 Å². The second-order valence-electron chi connectivity index (χ2n) is 5.56. The van der Waals surface area contributed by atoms with Gasteiger partial charge < -0.3 is 4.43 Å². The van der Waals surface area contributed by atoms with Gasteiger partial charge in [0.2, 0.25) is 0 Å². The molecule has 4 heteroatoms.